The zero-order chi connectivity index (χ0) is 13.3. The van der Waals surface area contributed by atoms with Crippen LogP contribution < -0.4 is 5.56 Å². The molecule has 2 aromatic rings. The van der Waals surface area contributed by atoms with Gasteiger partial charge in [0.25, 0.3) is 5.56 Å². The van der Waals surface area contributed by atoms with Crippen molar-refractivity contribution in [1.82, 2.24) is 9.55 Å². The maximum atomic E-state index is 11.9. The highest BCUT2D eigenvalue weighted by atomic mass is 35.5. The molecule has 0 aliphatic carbocycles. The molecule has 0 atom stereocenters. The molecule has 2 rings (SSSR count). The van der Waals surface area contributed by atoms with Crippen LogP contribution in [0.3, 0.4) is 0 Å². The van der Waals surface area contributed by atoms with Gasteiger partial charge in [-0.2, -0.15) is 0 Å². The molecule has 0 aliphatic rings. The number of hydrogen-bond donors (Lipinski definition) is 0. The van der Waals surface area contributed by atoms with Gasteiger partial charge in [0.15, 0.2) is 0 Å². The molecule has 0 saturated carbocycles. The summed E-state index contributed by atoms with van der Waals surface area (Å²) in [7, 11) is 0. The van der Waals surface area contributed by atoms with Crippen molar-refractivity contribution in [1.29, 1.82) is 0 Å². The first kappa shape index (κ1) is 13.1. The molecule has 0 saturated heterocycles. The molecule has 1 aromatic carbocycles. The Hall–Kier alpha value is -1.32. The van der Waals surface area contributed by atoms with Gasteiger partial charge in [0.2, 0.25) is 0 Å². The highest BCUT2D eigenvalue weighted by Crippen LogP contribution is 2.22. The van der Waals surface area contributed by atoms with Crippen LogP contribution in [0.15, 0.2) is 29.1 Å². The Morgan fingerprint density at radius 2 is 1.89 bits per heavy atom. The van der Waals surface area contributed by atoms with Gasteiger partial charge in [0, 0.05) is 11.8 Å². The largest absolute Gasteiger partial charge is 0.292 e. The van der Waals surface area contributed by atoms with Crippen LogP contribution in [0.2, 0.25) is 10.0 Å². The first-order chi connectivity index (χ1) is 8.47. The third-order valence-corrected chi connectivity index (χ3v) is 3.39. The first-order valence-corrected chi connectivity index (χ1v) is 6.22. The van der Waals surface area contributed by atoms with E-state index < -0.39 is 0 Å². The van der Waals surface area contributed by atoms with Gasteiger partial charge in [-0.3, -0.25) is 9.36 Å². The van der Waals surface area contributed by atoms with E-state index in [-0.39, 0.29) is 5.56 Å². The Morgan fingerprint density at radius 3 is 2.50 bits per heavy atom. The van der Waals surface area contributed by atoms with Gasteiger partial charge >= 0.3 is 0 Å². The highest BCUT2D eigenvalue weighted by molar-refractivity contribution is 6.42. The van der Waals surface area contributed by atoms with Gasteiger partial charge in [-0.1, -0.05) is 29.3 Å². The van der Waals surface area contributed by atoms with Crippen molar-refractivity contribution in [2.24, 2.45) is 0 Å². The molecule has 0 bridgehead atoms. The molecule has 0 aliphatic heterocycles. The van der Waals surface area contributed by atoms with E-state index in [1.54, 1.807) is 23.6 Å². The summed E-state index contributed by atoms with van der Waals surface area (Å²) in [5.41, 5.74) is 1.58. The average molecular weight is 283 g/mol. The topological polar surface area (TPSA) is 34.9 Å². The minimum Gasteiger partial charge on any atom is -0.292 e. The van der Waals surface area contributed by atoms with E-state index in [1.165, 1.54) is 6.07 Å². The lowest BCUT2D eigenvalue weighted by Gasteiger charge is -2.10. The number of aryl methyl sites for hydroxylation is 2. The van der Waals surface area contributed by atoms with E-state index in [9.17, 15) is 4.79 Å². The van der Waals surface area contributed by atoms with E-state index in [0.717, 1.165) is 11.3 Å². The summed E-state index contributed by atoms with van der Waals surface area (Å²) in [6, 6.07) is 6.85. The quantitative estimate of drug-likeness (QED) is 0.848. The van der Waals surface area contributed by atoms with Gasteiger partial charge in [-0.05, 0) is 31.5 Å². The summed E-state index contributed by atoms with van der Waals surface area (Å²) in [5, 5.41) is 0.992. The predicted octanol–water partition coefficient (Wildman–Crippen LogP) is 3.22. The summed E-state index contributed by atoms with van der Waals surface area (Å²) < 4.78 is 1.60. The summed E-state index contributed by atoms with van der Waals surface area (Å²) in [6.07, 6.45) is 0. The monoisotopic (exact) mass is 282 g/mol. The van der Waals surface area contributed by atoms with Crippen molar-refractivity contribution in [3.8, 4) is 0 Å². The van der Waals surface area contributed by atoms with E-state index >= 15 is 0 Å². The Kier molecular flexibility index (Phi) is 3.73. The van der Waals surface area contributed by atoms with Crippen molar-refractivity contribution in [3.05, 3.63) is 61.7 Å². The summed E-state index contributed by atoms with van der Waals surface area (Å²) in [5.74, 6) is 0.686. The molecule has 5 heteroatoms. The zero-order valence-corrected chi connectivity index (χ0v) is 11.6. The van der Waals surface area contributed by atoms with Gasteiger partial charge in [0.1, 0.15) is 5.82 Å². The smallest absolute Gasteiger partial charge is 0.254 e. The van der Waals surface area contributed by atoms with Crippen molar-refractivity contribution in [2.75, 3.05) is 0 Å². The van der Waals surface area contributed by atoms with Crippen LogP contribution in [0.25, 0.3) is 0 Å². The summed E-state index contributed by atoms with van der Waals surface area (Å²) >= 11 is 11.8. The summed E-state index contributed by atoms with van der Waals surface area (Å²) in [6.45, 7) is 4.05. The maximum Gasteiger partial charge on any atom is 0.254 e. The lowest BCUT2D eigenvalue weighted by atomic mass is 10.2. The number of hydrogen-bond acceptors (Lipinski definition) is 2. The number of rotatable bonds is 2. The summed E-state index contributed by atoms with van der Waals surface area (Å²) in [4.78, 5) is 16.2. The minimum absolute atomic E-state index is 0.0638. The van der Waals surface area contributed by atoms with Crippen molar-refractivity contribution >= 4 is 23.2 Å². The van der Waals surface area contributed by atoms with Gasteiger partial charge in [-0.25, -0.2) is 4.98 Å². The zero-order valence-electron chi connectivity index (χ0n) is 10.1. The molecular weight excluding hydrogens is 271 g/mol. The molecule has 94 valence electrons. The third-order valence-electron chi connectivity index (χ3n) is 2.65. The fourth-order valence-electron chi connectivity index (χ4n) is 1.78. The second-order valence-electron chi connectivity index (χ2n) is 4.12. The van der Waals surface area contributed by atoms with E-state index in [4.69, 9.17) is 23.2 Å². The van der Waals surface area contributed by atoms with E-state index in [2.05, 4.69) is 4.98 Å². The van der Waals surface area contributed by atoms with Crippen LogP contribution in [0.5, 0.6) is 0 Å². The molecule has 1 heterocycles. The van der Waals surface area contributed by atoms with E-state index in [0.29, 0.717) is 22.4 Å². The molecular formula is C13H12Cl2N2O. The van der Waals surface area contributed by atoms with Gasteiger partial charge in [-0.15, -0.1) is 0 Å². The molecule has 3 nitrogen and oxygen atoms in total. The number of nitrogens with zero attached hydrogens (tertiary/aromatic N) is 2. The Balaban J connectivity index is 2.40. The molecule has 18 heavy (non-hydrogen) atoms. The minimum atomic E-state index is -0.0638. The maximum absolute atomic E-state index is 11.9. The predicted molar refractivity (Wildman–Crippen MR) is 73.5 cm³/mol. The van der Waals surface area contributed by atoms with Crippen molar-refractivity contribution in [2.45, 2.75) is 20.4 Å². The second-order valence-corrected chi connectivity index (χ2v) is 4.93. The van der Waals surface area contributed by atoms with Crippen LogP contribution in [-0.2, 0) is 6.54 Å². The molecule has 0 unspecified atom stereocenters. The Bertz CT molecular complexity index is 650. The molecule has 0 fully saturated rings. The fraction of sp³-hybridized carbons (Fsp3) is 0.231. The number of benzene rings is 1. The highest BCUT2D eigenvalue weighted by Gasteiger charge is 2.05. The molecule has 1 aromatic heterocycles. The SMILES string of the molecule is Cc1cc(=O)n(Cc2ccc(Cl)c(Cl)c2)c(C)n1. The molecule has 0 radical (unpaired) electrons. The van der Waals surface area contributed by atoms with Crippen LogP contribution in [-0.4, -0.2) is 9.55 Å². The van der Waals surface area contributed by atoms with Crippen LogP contribution in [0.4, 0.5) is 0 Å². The fourth-order valence-corrected chi connectivity index (χ4v) is 2.10. The van der Waals surface area contributed by atoms with Crippen molar-refractivity contribution < 1.29 is 0 Å². The number of halogens is 2. The van der Waals surface area contributed by atoms with Crippen LogP contribution in [0.1, 0.15) is 17.1 Å². The lowest BCUT2D eigenvalue weighted by molar-refractivity contribution is 0.694. The van der Waals surface area contributed by atoms with Crippen LogP contribution >= 0.6 is 23.2 Å². The lowest BCUT2D eigenvalue weighted by Crippen LogP contribution is -2.24. The Morgan fingerprint density at radius 1 is 1.17 bits per heavy atom. The molecule has 0 spiro atoms. The normalized spacial score (nSPS) is 10.7. The van der Waals surface area contributed by atoms with Crippen LogP contribution in [0, 0.1) is 13.8 Å². The Labute approximate surface area is 115 Å². The van der Waals surface area contributed by atoms with E-state index in [1.807, 2.05) is 13.0 Å². The van der Waals surface area contributed by atoms with Crippen molar-refractivity contribution in [3.63, 3.8) is 0 Å². The third kappa shape index (κ3) is 2.74. The number of aromatic nitrogens is 2. The molecule has 0 N–H and O–H groups in total. The average Bonchev–Trinajstić information content (AvgIpc) is 2.28. The first-order valence-electron chi connectivity index (χ1n) is 5.46. The standard InChI is InChI=1S/C13H12Cl2N2O/c1-8-5-13(18)17(9(2)16-8)7-10-3-4-11(14)12(15)6-10/h3-6H,7H2,1-2H3. The second kappa shape index (κ2) is 5.12. The van der Waals surface area contributed by atoms with Gasteiger partial charge in [0.05, 0.1) is 16.6 Å². The molecule has 0 amide bonds. The van der Waals surface area contributed by atoms with Gasteiger partial charge < -0.3 is 0 Å².